The summed E-state index contributed by atoms with van der Waals surface area (Å²) >= 11 is 1.64. The fourth-order valence-electron chi connectivity index (χ4n) is 3.11. The van der Waals surface area contributed by atoms with Gasteiger partial charge >= 0.3 is 0 Å². The molecule has 2 aromatic heterocycles. The molecule has 0 atom stereocenters. The minimum Gasteiger partial charge on any atom is -0.494 e. The van der Waals surface area contributed by atoms with Crippen LogP contribution < -0.4 is 9.47 Å². The lowest BCUT2D eigenvalue weighted by Gasteiger charge is -2.11. The van der Waals surface area contributed by atoms with Gasteiger partial charge in [0.1, 0.15) is 11.5 Å². The molecule has 0 aliphatic carbocycles. The van der Waals surface area contributed by atoms with Crippen LogP contribution >= 0.6 is 11.8 Å². The lowest BCUT2D eigenvalue weighted by molar-refractivity contribution is 0.332. The predicted molar refractivity (Wildman–Crippen MR) is 123 cm³/mol. The summed E-state index contributed by atoms with van der Waals surface area (Å²) < 4.78 is 13.5. The van der Waals surface area contributed by atoms with Crippen molar-refractivity contribution < 1.29 is 9.47 Å². The van der Waals surface area contributed by atoms with E-state index >= 15 is 0 Å². The second-order valence-electron chi connectivity index (χ2n) is 6.72. The molecule has 0 spiro atoms. The molecule has 4 rings (SSSR count). The van der Waals surface area contributed by atoms with Crippen molar-refractivity contribution in [2.45, 2.75) is 18.6 Å². The Balaban J connectivity index is 1.43. The van der Waals surface area contributed by atoms with E-state index in [9.17, 15) is 0 Å². The van der Waals surface area contributed by atoms with Gasteiger partial charge in [-0.1, -0.05) is 42.1 Å². The largest absolute Gasteiger partial charge is 0.494 e. The molecule has 2 heterocycles. The highest BCUT2D eigenvalue weighted by Gasteiger charge is 2.15. The average Bonchev–Trinajstić information content (AvgIpc) is 3.21. The summed E-state index contributed by atoms with van der Waals surface area (Å²) in [5.74, 6) is 3.27. The van der Waals surface area contributed by atoms with Gasteiger partial charge in [0.2, 0.25) is 0 Å². The summed E-state index contributed by atoms with van der Waals surface area (Å²) in [4.78, 5) is 4.11. The zero-order valence-electron chi connectivity index (χ0n) is 17.3. The Morgan fingerprint density at radius 1 is 0.839 bits per heavy atom. The van der Waals surface area contributed by atoms with E-state index in [1.165, 1.54) is 5.56 Å². The standard InChI is InChI=1S/C24H24N4O2S/c1-2-29-21-8-10-22(11-9-21)30-16-17-31-24-27-26-23(20-12-14-25-15-13-20)28(24)18-19-6-4-3-5-7-19/h3-15H,2,16-18H2,1H3. The molecular weight excluding hydrogens is 408 g/mol. The molecule has 0 fully saturated rings. The highest BCUT2D eigenvalue weighted by Crippen LogP contribution is 2.25. The zero-order valence-corrected chi connectivity index (χ0v) is 18.2. The van der Waals surface area contributed by atoms with Crippen LogP contribution in [0.1, 0.15) is 12.5 Å². The van der Waals surface area contributed by atoms with Crippen molar-refractivity contribution in [3.8, 4) is 22.9 Å². The van der Waals surface area contributed by atoms with Gasteiger partial charge in [0.05, 0.1) is 19.8 Å². The zero-order chi connectivity index (χ0) is 21.3. The molecule has 0 radical (unpaired) electrons. The molecule has 0 unspecified atom stereocenters. The van der Waals surface area contributed by atoms with Crippen LogP contribution in [0.3, 0.4) is 0 Å². The van der Waals surface area contributed by atoms with Crippen molar-refractivity contribution in [3.63, 3.8) is 0 Å². The third kappa shape index (κ3) is 5.64. The average molecular weight is 433 g/mol. The van der Waals surface area contributed by atoms with E-state index in [2.05, 4.69) is 31.9 Å². The minimum atomic E-state index is 0.571. The predicted octanol–water partition coefficient (Wildman–Crippen LogP) is 4.96. The lowest BCUT2D eigenvalue weighted by Crippen LogP contribution is -2.06. The van der Waals surface area contributed by atoms with E-state index in [0.717, 1.165) is 33.8 Å². The second kappa shape index (κ2) is 10.6. The van der Waals surface area contributed by atoms with Gasteiger partial charge in [0.25, 0.3) is 0 Å². The van der Waals surface area contributed by atoms with Crippen molar-refractivity contribution in [1.29, 1.82) is 0 Å². The Hall–Kier alpha value is -3.32. The van der Waals surface area contributed by atoms with Gasteiger partial charge in [-0.25, -0.2) is 0 Å². The van der Waals surface area contributed by atoms with Gasteiger partial charge in [-0.3, -0.25) is 9.55 Å². The molecule has 0 bridgehead atoms. The maximum absolute atomic E-state index is 5.87. The fraction of sp³-hybridized carbons (Fsp3) is 0.208. The Kier molecular flexibility index (Phi) is 7.18. The molecule has 0 aliphatic rings. The van der Waals surface area contributed by atoms with Gasteiger partial charge in [-0.2, -0.15) is 0 Å². The summed E-state index contributed by atoms with van der Waals surface area (Å²) in [6, 6.07) is 21.9. The molecule has 31 heavy (non-hydrogen) atoms. The van der Waals surface area contributed by atoms with E-state index in [1.807, 2.05) is 61.5 Å². The number of hydrogen-bond acceptors (Lipinski definition) is 6. The van der Waals surface area contributed by atoms with Crippen molar-refractivity contribution in [2.24, 2.45) is 0 Å². The van der Waals surface area contributed by atoms with E-state index in [-0.39, 0.29) is 0 Å². The summed E-state index contributed by atoms with van der Waals surface area (Å²) in [6.45, 7) is 3.90. The molecule has 2 aromatic carbocycles. The first-order valence-electron chi connectivity index (χ1n) is 10.2. The van der Waals surface area contributed by atoms with E-state index in [0.29, 0.717) is 19.8 Å². The number of benzene rings is 2. The van der Waals surface area contributed by atoms with Crippen LogP contribution in [-0.2, 0) is 6.54 Å². The first-order chi connectivity index (χ1) is 15.3. The third-order valence-corrected chi connectivity index (χ3v) is 5.49. The van der Waals surface area contributed by atoms with Crippen molar-refractivity contribution in [1.82, 2.24) is 19.7 Å². The Morgan fingerprint density at radius 3 is 2.26 bits per heavy atom. The SMILES string of the molecule is CCOc1ccc(OCCSc2nnc(-c3ccncc3)n2Cc2ccccc2)cc1. The highest BCUT2D eigenvalue weighted by atomic mass is 32.2. The molecule has 6 nitrogen and oxygen atoms in total. The van der Waals surface area contributed by atoms with Gasteiger partial charge in [-0.15, -0.1) is 10.2 Å². The van der Waals surface area contributed by atoms with Crippen molar-refractivity contribution in [3.05, 3.63) is 84.7 Å². The number of ether oxygens (including phenoxy) is 2. The Morgan fingerprint density at radius 2 is 1.55 bits per heavy atom. The second-order valence-corrected chi connectivity index (χ2v) is 7.78. The molecule has 0 amide bonds. The number of aromatic nitrogens is 4. The van der Waals surface area contributed by atoms with Gasteiger partial charge in [-0.05, 0) is 48.9 Å². The summed E-state index contributed by atoms with van der Waals surface area (Å²) in [7, 11) is 0. The van der Waals surface area contributed by atoms with E-state index in [1.54, 1.807) is 24.2 Å². The number of thioether (sulfide) groups is 1. The summed E-state index contributed by atoms with van der Waals surface area (Å²) in [5, 5.41) is 9.77. The van der Waals surface area contributed by atoms with Crippen LogP contribution in [-0.4, -0.2) is 38.7 Å². The summed E-state index contributed by atoms with van der Waals surface area (Å²) in [5.41, 5.74) is 2.20. The minimum absolute atomic E-state index is 0.571. The number of hydrogen-bond donors (Lipinski definition) is 0. The molecule has 7 heteroatoms. The Labute approximate surface area is 186 Å². The van der Waals surface area contributed by atoms with Crippen molar-refractivity contribution in [2.75, 3.05) is 19.0 Å². The van der Waals surface area contributed by atoms with Crippen LogP contribution in [0.15, 0.2) is 84.3 Å². The van der Waals surface area contributed by atoms with E-state index in [4.69, 9.17) is 9.47 Å². The molecule has 0 N–H and O–H groups in total. The lowest BCUT2D eigenvalue weighted by atomic mass is 10.2. The highest BCUT2D eigenvalue weighted by molar-refractivity contribution is 7.99. The smallest absolute Gasteiger partial charge is 0.191 e. The first kappa shape index (κ1) is 20.9. The molecule has 0 saturated heterocycles. The normalized spacial score (nSPS) is 10.7. The number of nitrogens with zero attached hydrogens (tertiary/aromatic N) is 4. The Bertz CT molecular complexity index is 1070. The molecule has 0 aliphatic heterocycles. The van der Waals surface area contributed by atoms with Crippen LogP contribution in [0.4, 0.5) is 0 Å². The molecule has 0 saturated carbocycles. The number of pyridine rings is 1. The van der Waals surface area contributed by atoms with Gasteiger partial charge in [0, 0.05) is 23.7 Å². The monoisotopic (exact) mass is 432 g/mol. The van der Waals surface area contributed by atoms with Crippen LogP contribution in [0, 0.1) is 0 Å². The molecule has 158 valence electrons. The first-order valence-corrected chi connectivity index (χ1v) is 11.2. The molecule has 4 aromatic rings. The maximum atomic E-state index is 5.87. The fourth-order valence-corrected chi connectivity index (χ4v) is 3.86. The topological polar surface area (TPSA) is 62.1 Å². The third-order valence-electron chi connectivity index (χ3n) is 4.56. The molecular formula is C24H24N4O2S. The van der Waals surface area contributed by atoms with Gasteiger partial charge in [0.15, 0.2) is 11.0 Å². The van der Waals surface area contributed by atoms with Crippen LogP contribution in [0.25, 0.3) is 11.4 Å². The summed E-state index contributed by atoms with van der Waals surface area (Å²) in [6.07, 6.45) is 3.54. The van der Waals surface area contributed by atoms with Crippen molar-refractivity contribution >= 4 is 11.8 Å². The van der Waals surface area contributed by atoms with E-state index < -0.39 is 0 Å². The quantitative estimate of drug-likeness (QED) is 0.261. The van der Waals surface area contributed by atoms with Crippen LogP contribution in [0.2, 0.25) is 0 Å². The van der Waals surface area contributed by atoms with Gasteiger partial charge < -0.3 is 9.47 Å². The number of rotatable bonds is 10. The van der Waals surface area contributed by atoms with Crippen LogP contribution in [0.5, 0.6) is 11.5 Å². The maximum Gasteiger partial charge on any atom is 0.191 e.